The summed E-state index contributed by atoms with van der Waals surface area (Å²) in [5.41, 5.74) is -0.710. The van der Waals surface area contributed by atoms with Crippen LogP contribution in [0.5, 0.6) is 0 Å². The molecule has 2 N–H and O–H groups in total. The zero-order valence-corrected chi connectivity index (χ0v) is 13.3. The Labute approximate surface area is 124 Å². The Kier molecular flexibility index (Phi) is 5.15. The number of alkyl carbamates (subject to hydrolysis) is 1. The van der Waals surface area contributed by atoms with Crippen LogP contribution in [-0.4, -0.2) is 58.1 Å². The summed E-state index contributed by atoms with van der Waals surface area (Å²) in [4.78, 5) is 35.3. The third-order valence-corrected chi connectivity index (χ3v) is 3.15. The Hall–Kier alpha value is -1.43. The van der Waals surface area contributed by atoms with Gasteiger partial charge in [-0.15, -0.1) is 0 Å². The molecule has 21 heavy (non-hydrogen) atoms. The van der Waals surface area contributed by atoms with Crippen molar-refractivity contribution in [3.8, 4) is 0 Å². The van der Waals surface area contributed by atoms with Crippen LogP contribution in [0.25, 0.3) is 0 Å². The molecule has 0 spiro atoms. The number of amides is 2. The van der Waals surface area contributed by atoms with Gasteiger partial charge in [-0.1, -0.05) is 9.24 Å². The van der Waals surface area contributed by atoms with Gasteiger partial charge in [0.1, 0.15) is 23.6 Å². The second-order valence-electron chi connectivity index (χ2n) is 5.97. The second-order valence-corrected chi connectivity index (χ2v) is 7.00. The van der Waals surface area contributed by atoms with E-state index in [1.165, 1.54) is 0 Å². The first-order chi connectivity index (χ1) is 9.41. The summed E-state index contributed by atoms with van der Waals surface area (Å²) in [6, 6.07) is -1.24. The first kappa shape index (κ1) is 17.6. The van der Waals surface area contributed by atoms with E-state index in [1.807, 2.05) is 9.24 Å². The molecular weight excluding hydrogens is 302 g/mol. The lowest BCUT2D eigenvalue weighted by atomic mass is 10.2. The van der Waals surface area contributed by atoms with Gasteiger partial charge in [0.05, 0.1) is 6.54 Å². The molecule has 1 heterocycles. The third-order valence-electron chi connectivity index (χ3n) is 2.73. The molecule has 3 unspecified atom stereocenters. The molecule has 1 rings (SSSR count). The molecule has 3 atom stereocenters. The lowest BCUT2D eigenvalue weighted by Crippen LogP contribution is -2.46. The SMILES string of the molecule is CC(C)(C)OC(=O)NCC(=O)N1CC(F)(P)CC1C(=O)O. The van der Waals surface area contributed by atoms with Gasteiger partial charge in [0, 0.05) is 6.42 Å². The maximum atomic E-state index is 13.8. The van der Waals surface area contributed by atoms with Gasteiger partial charge in [-0.25, -0.2) is 14.0 Å². The molecule has 0 aromatic heterocycles. The molecule has 0 saturated carbocycles. The van der Waals surface area contributed by atoms with Crippen molar-refractivity contribution >= 4 is 27.2 Å². The van der Waals surface area contributed by atoms with Crippen molar-refractivity contribution in [3.05, 3.63) is 0 Å². The van der Waals surface area contributed by atoms with Crippen LogP contribution in [0.1, 0.15) is 27.2 Å². The van der Waals surface area contributed by atoms with Crippen LogP contribution in [0.4, 0.5) is 9.18 Å². The van der Waals surface area contributed by atoms with E-state index in [1.54, 1.807) is 20.8 Å². The monoisotopic (exact) mass is 322 g/mol. The minimum atomic E-state index is -1.83. The van der Waals surface area contributed by atoms with Crippen molar-refractivity contribution in [2.24, 2.45) is 0 Å². The Morgan fingerprint density at radius 2 is 2.05 bits per heavy atom. The number of aliphatic carboxylic acids is 1. The summed E-state index contributed by atoms with van der Waals surface area (Å²) < 4.78 is 18.8. The number of rotatable bonds is 3. The topological polar surface area (TPSA) is 95.9 Å². The standard InChI is InChI=1S/C12H20FN2O5P/c1-11(2,3)20-10(19)14-5-8(16)15-6-12(13,21)4-7(15)9(17)18/h7H,4-6,21H2,1-3H3,(H,14,19)(H,17,18). The highest BCUT2D eigenvalue weighted by molar-refractivity contribution is 7.18. The number of nitrogens with one attached hydrogen (secondary N) is 1. The number of hydrogen-bond donors (Lipinski definition) is 2. The van der Waals surface area contributed by atoms with Crippen LogP contribution in [-0.2, 0) is 14.3 Å². The Morgan fingerprint density at radius 1 is 1.48 bits per heavy atom. The van der Waals surface area contributed by atoms with E-state index in [0.717, 1.165) is 4.90 Å². The molecule has 1 fully saturated rings. The van der Waals surface area contributed by atoms with Crippen molar-refractivity contribution in [1.82, 2.24) is 10.2 Å². The number of carbonyl (C=O) groups excluding carboxylic acids is 2. The second kappa shape index (κ2) is 6.13. The summed E-state index contributed by atoms with van der Waals surface area (Å²) in [6.45, 7) is 4.21. The van der Waals surface area contributed by atoms with E-state index in [9.17, 15) is 18.8 Å². The van der Waals surface area contributed by atoms with Crippen LogP contribution in [0.15, 0.2) is 0 Å². The number of carboxylic acids is 1. The number of hydrogen-bond acceptors (Lipinski definition) is 4. The molecule has 7 nitrogen and oxygen atoms in total. The van der Waals surface area contributed by atoms with Crippen LogP contribution in [0.2, 0.25) is 0 Å². The van der Waals surface area contributed by atoms with Crippen molar-refractivity contribution in [2.45, 2.75) is 44.2 Å². The van der Waals surface area contributed by atoms with E-state index in [2.05, 4.69) is 5.32 Å². The van der Waals surface area contributed by atoms with Gasteiger partial charge in [-0.3, -0.25) is 4.79 Å². The Bertz CT molecular complexity index is 449. The highest BCUT2D eigenvalue weighted by Crippen LogP contribution is 2.36. The molecule has 120 valence electrons. The molecule has 0 aromatic carbocycles. The molecule has 1 saturated heterocycles. The van der Waals surface area contributed by atoms with Crippen molar-refractivity contribution in [2.75, 3.05) is 13.1 Å². The number of ether oxygens (including phenoxy) is 1. The lowest BCUT2D eigenvalue weighted by molar-refractivity contribution is -0.147. The van der Waals surface area contributed by atoms with Crippen LogP contribution >= 0.6 is 9.24 Å². The zero-order valence-electron chi connectivity index (χ0n) is 12.2. The van der Waals surface area contributed by atoms with Gasteiger partial charge in [0.2, 0.25) is 5.91 Å². The minimum Gasteiger partial charge on any atom is -0.480 e. The van der Waals surface area contributed by atoms with Gasteiger partial charge < -0.3 is 20.1 Å². The third kappa shape index (κ3) is 5.46. The number of alkyl halides is 1. The first-order valence-corrected chi connectivity index (χ1v) is 6.96. The molecular formula is C12H20FN2O5P. The summed E-state index contributed by atoms with van der Waals surface area (Å²) in [5.74, 6) is -1.95. The van der Waals surface area contributed by atoms with Gasteiger partial charge in [-0.2, -0.15) is 0 Å². The molecule has 2 amide bonds. The van der Waals surface area contributed by atoms with Gasteiger partial charge in [-0.05, 0) is 20.8 Å². The van der Waals surface area contributed by atoms with Crippen molar-refractivity contribution in [1.29, 1.82) is 0 Å². The molecule has 1 aliphatic heterocycles. The minimum absolute atomic E-state index is 0.300. The largest absolute Gasteiger partial charge is 0.480 e. The Morgan fingerprint density at radius 3 is 2.52 bits per heavy atom. The van der Waals surface area contributed by atoms with Gasteiger partial charge in [0.15, 0.2) is 0 Å². The Balaban J connectivity index is 2.59. The van der Waals surface area contributed by atoms with Crippen LogP contribution in [0, 0.1) is 0 Å². The normalized spacial score (nSPS) is 25.6. The summed E-state index contributed by atoms with van der Waals surface area (Å²) in [7, 11) is 1.91. The molecule has 0 aliphatic carbocycles. The fourth-order valence-electron chi connectivity index (χ4n) is 1.94. The molecule has 0 bridgehead atoms. The highest BCUT2D eigenvalue weighted by atomic mass is 31.0. The highest BCUT2D eigenvalue weighted by Gasteiger charge is 2.46. The predicted molar refractivity (Wildman–Crippen MR) is 75.5 cm³/mol. The zero-order chi connectivity index (χ0) is 16.4. The van der Waals surface area contributed by atoms with Crippen LogP contribution < -0.4 is 5.32 Å². The summed E-state index contributed by atoms with van der Waals surface area (Å²) >= 11 is 0. The number of likely N-dealkylation sites (tertiary alicyclic amines) is 1. The maximum absolute atomic E-state index is 13.8. The van der Waals surface area contributed by atoms with E-state index in [4.69, 9.17) is 9.84 Å². The summed E-state index contributed by atoms with van der Waals surface area (Å²) in [5, 5.41) is 9.41. The average Bonchev–Trinajstić information content (AvgIpc) is 2.60. The molecule has 9 heteroatoms. The molecule has 0 aromatic rings. The van der Waals surface area contributed by atoms with Gasteiger partial charge >= 0.3 is 12.1 Å². The fourth-order valence-corrected chi connectivity index (χ4v) is 2.36. The first-order valence-electron chi connectivity index (χ1n) is 6.38. The fraction of sp³-hybridized carbons (Fsp3) is 0.750. The lowest BCUT2D eigenvalue weighted by Gasteiger charge is -2.23. The number of nitrogens with zero attached hydrogens (tertiary/aromatic N) is 1. The van der Waals surface area contributed by atoms with Crippen molar-refractivity contribution in [3.63, 3.8) is 0 Å². The quantitative estimate of drug-likeness (QED) is 0.747. The maximum Gasteiger partial charge on any atom is 0.408 e. The van der Waals surface area contributed by atoms with E-state index >= 15 is 0 Å². The molecule has 0 radical (unpaired) electrons. The van der Waals surface area contributed by atoms with E-state index < -0.39 is 41.6 Å². The summed E-state index contributed by atoms with van der Waals surface area (Å²) in [6.07, 6.45) is -1.09. The molecule has 1 aliphatic rings. The van der Waals surface area contributed by atoms with Gasteiger partial charge in [0.25, 0.3) is 0 Å². The smallest absolute Gasteiger partial charge is 0.408 e. The van der Waals surface area contributed by atoms with E-state index in [-0.39, 0.29) is 13.0 Å². The number of carbonyl (C=O) groups is 3. The predicted octanol–water partition coefficient (Wildman–Crippen LogP) is 0.737. The van der Waals surface area contributed by atoms with E-state index in [0.29, 0.717) is 0 Å². The van der Waals surface area contributed by atoms with Crippen LogP contribution in [0.3, 0.4) is 0 Å². The average molecular weight is 322 g/mol. The number of halogens is 1. The number of carboxylic acid groups (broad SMARTS) is 1. The van der Waals surface area contributed by atoms with Crippen molar-refractivity contribution < 1.29 is 28.6 Å².